The highest BCUT2D eigenvalue weighted by Crippen LogP contribution is 2.22. The standard InChI is InChI=1S/C8H15F2NO/c1-11-7(8(9)10)6-2-4-12-5-3-6/h6-8,11H,2-5H2,1H3. The highest BCUT2D eigenvalue weighted by molar-refractivity contribution is 4.79. The fraction of sp³-hybridized carbons (Fsp3) is 1.00. The Morgan fingerprint density at radius 1 is 1.33 bits per heavy atom. The van der Waals surface area contributed by atoms with Gasteiger partial charge < -0.3 is 10.1 Å². The minimum Gasteiger partial charge on any atom is -0.381 e. The van der Waals surface area contributed by atoms with Crippen molar-refractivity contribution < 1.29 is 13.5 Å². The third kappa shape index (κ3) is 2.38. The van der Waals surface area contributed by atoms with Gasteiger partial charge in [0.25, 0.3) is 6.43 Å². The minimum absolute atomic E-state index is 0.0729. The van der Waals surface area contributed by atoms with E-state index >= 15 is 0 Å². The summed E-state index contributed by atoms with van der Waals surface area (Å²) in [6.45, 7) is 1.24. The molecule has 1 fully saturated rings. The van der Waals surface area contributed by atoms with Crippen molar-refractivity contribution in [3.8, 4) is 0 Å². The van der Waals surface area contributed by atoms with Crippen molar-refractivity contribution in [1.82, 2.24) is 5.32 Å². The van der Waals surface area contributed by atoms with Gasteiger partial charge in [-0.2, -0.15) is 0 Å². The quantitative estimate of drug-likeness (QED) is 0.704. The summed E-state index contributed by atoms with van der Waals surface area (Å²) in [5.74, 6) is 0.0729. The van der Waals surface area contributed by atoms with Crippen LogP contribution in [0.2, 0.25) is 0 Å². The van der Waals surface area contributed by atoms with Crippen molar-refractivity contribution >= 4 is 0 Å². The second kappa shape index (κ2) is 4.72. The van der Waals surface area contributed by atoms with E-state index in [2.05, 4.69) is 5.32 Å². The average molecular weight is 179 g/mol. The summed E-state index contributed by atoms with van der Waals surface area (Å²) in [6.07, 6.45) is -0.774. The van der Waals surface area contributed by atoms with Gasteiger partial charge in [0, 0.05) is 13.2 Å². The third-order valence-corrected chi connectivity index (χ3v) is 2.38. The fourth-order valence-corrected chi connectivity index (χ4v) is 1.64. The van der Waals surface area contributed by atoms with E-state index in [0.29, 0.717) is 13.2 Å². The molecule has 4 heteroatoms. The van der Waals surface area contributed by atoms with E-state index < -0.39 is 12.5 Å². The topological polar surface area (TPSA) is 21.3 Å². The number of nitrogens with one attached hydrogen (secondary N) is 1. The minimum atomic E-state index is -2.27. The Morgan fingerprint density at radius 3 is 2.33 bits per heavy atom. The molecule has 72 valence electrons. The Hall–Kier alpha value is -0.220. The molecular weight excluding hydrogens is 164 g/mol. The van der Waals surface area contributed by atoms with E-state index in [1.807, 2.05) is 0 Å². The molecule has 0 aromatic carbocycles. The lowest BCUT2D eigenvalue weighted by Gasteiger charge is -2.29. The summed E-state index contributed by atoms with van der Waals surface area (Å²) in [6, 6.07) is -0.658. The molecule has 0 aromatic heterocycles. The van der Waals surface area contributed by atoms with E-state index in [4.69, 9.17) is 4.74 Å². The van der Waals surface area contributed by atoms with Gasteiger partial charge in [-0.3, -0.25) is 0 Å². The van der Waals surface area contributed by atoms with Crippen molar-refractivity contribution in [1.29, 1.82) is 0 Å². The van der Waals surface area contributed by atoms with Gasteiger partial charge in [-0.1, -0.05) is 0 Å². The molecule has 2 nitrogen and oxygen atoms in total. The highest BCUT2D eigenvalue weighted by atomic mass is 19.3. The molecule has 0 spiro atoms. The maximum Gasteiger partial charge on any atom is 0.253 e. The van der Waals surface area contributed by atoms with Crippen LogP contribution in [-0.4, -0.2) is 32.7 Å². The first kappa shape index (κ1) is 9.86. The lowest BCUT2D eigenvalue weighted by Crippen LogP contribution is -2.42. The molecule has 0 saturated carbocycles. The molecule has 0 amide bonds. The van der Waals surface area contributed by atoms with Crippen LogP contribution in [0.4, 0.5) is 8.78 Å². The molecule has 1 atom stereocenters. The molecule has 1 unspecified atom stereocenters. The number of alkyl halides is 2. The van der Waals surface area contributed by atoms with E-state index in [0.717, 1.165) is 12.8 Å². The van der Waals surface area contributed by atoms with Crippen molar-refractivity contribution in [2.24, 2.45) is 5.92 Å². The van der Waals surface area contributed by atoms with Crippen molar-refractivity contribution in [3.05, 3.63) is 0 Å². The van der Waals surface area contributed by atoms with Gasteiger partial charge in [0.05, 0.1) is 6.04 Å². The summed E-state index contributed by atoms with van der Waals surface area (Å²) in [5.41, 5.74) is 0. The number of halogens is 2. The van der Waals surface area contributed by atoms with Crippen LogP contribution < -0.4 is 5.32 Å². The molecule has 1 rings (SSSR count). The molecule has 0 aliphatic carbocycles. The van der Waals surface area contributed by atoms with Crippen molar-refractivity contribution in [3.63, 3.8) is 0 Å². The van der Waals surface area contributed by atoms with Gasteiger partial charge in [0.15, 0.2) is 0 Å². The molecule has 12 heavy (non-hydrogen) atoms. The van der Waals surface area contributed by atoms with E-state index in [1.54, 1.807) is 7.05 Å². The Bertz CT molecular complexity index is 126. The van der Waals surface area contributed by atoms with Crippen LogP contribution in [0.25, 0.3) is 0 Å². The monoisotopic (exact) mass is 179 g/mol. The molecular formula is C8H15F2NO. The first-order chi connectivity index (χ1) is 5.75. The van der Waals surface area contributed by atoms with Gasteiger partial charge in [-0.05, 0) is 25.8 Å². The predicted octanol–water partition coefficient (Wildman–Crippen LogP) is 1.27. The summed E-state index contributed by atoms with van der Waals surface area (Å²) in [4.78, 5) is 0. The van der Waals surface area contributed by atoms with Crippen molar-refractivity contribution in [2.45, 2.75) is 25.3 Å². The number of ether oxygens (including phenoxy) is 1. The zero-order valence-corrected chi connectivity index (χ0v) is 7.22. The van der Waals surface area contributed by atoms with Crippen molar-refractivity contribution in [2.75, 3.05) is 20.3 Å². The normalized spacial score (nSPS) is 23.0. The highest BCUT2D eigenvalue weighted by Gasteiger charge is 2.29. The lowest BCUT2D eigenvalue weighted by atomic mass is 9.92. The van der Waals surface area contributed by atoms with Crippen LogP contribution in [-0.2, 0) is 4.74 Å². The van der Waals surface area contributed by atoms with Crippen LogP contribution >= 0.6 is 0 Å². The fourth-order valence-electron chi connectivity index (χ4n) is 1.64. The Kier molecular flexibility index (Phi) is 3.88. The van der Waals surface area contributed by atoms with Gasteiger partial charge in [-0.25, -0.2) is 8.78 Å². The smallest absolute Gasteiger partial charge is 0.253 e. The number of hydrogen-bond donors (Lipinski definition) is 1. The number of rotatable bonds is 3. The summed E-state index contributed by atoms with van der Waals surface area (Å²) in [5, 5.41) is 2.67. The van der Waals surface area contributed by atoms with Crippen LogP contribution in [0.5, 0.6) is 0 Å². The second-order valence-corrected chi connectivity index (χ2v) is 3.10. The lowest BCUT2D eigenvalue weighted by molar-refractivity contribution is 0.0116. The Labute approximate surface area is 71.3 Å². The zero-order valence-electron chi connectivity index (χ0n) is 7.22. The van der Waals surface area contributed by atoms with Gasteiger partial charge in [0.1, 0.15) is 0 Å². The second-order valence-electron chi connectivity index (χ2n) is 3.10. The summed E-state index contributed by atoms with van der Waals surface area (Å²) < 4.78 is 29.9. The summed E-state index contributed by atoms with van der Waals surface area (Å²) >= 11 is 0. The molecule has 1 N–H and O–H groups in total. The number of hydrogen-bond acceptors (Lipinski definition) is 2. The molecule has 1 aliphatic rings. The zero-order chi connectivity index (χ0) is 8.97. The predicted molar refractivity (Wildman–Crippen MR) is 42.4 cm³/mol. The van der Waals surface area contributed by atoms with E-state index in [9.17, 15) is 8.78 Å². The Morgan fingerprint density at radius 2 is 1.92 bits per heavy atom. The van der Waals surface area contributed by atoms with Crippen LogP contribution in [0, 0.1) is 5.92 Å². The summed E-state index contributed by atoms with van der Waals surface area (Å²) in [7, 11) is 1.59. The van der Waals surface area contributed by atoms with Crippen LogP contribution in [0.1, 0.15) is 12.8 Å². The maximum absolute atomic E-state index is 12.4. The molecule has 1 saturated heterocycles. The Balaban J connectivity index is 2.40. The first-order valence-corrected chi connectivity index (χ1v) is 4.29. The molecule has 0 radical (unpaired) electrons. The van der Waals surface area contributed by atoms with Gasteiger partial charge >= 0.3 is 0 Å². The van der Waals surface area contributed by atoms with E-state index in [1.165, 1.54) is 0 Å². The average Bonchev–Trinajstić information content (AvgIpc) is 2.07. The van der Waals surface area contributed by atoms with Gasteiger partial charge in [-0.15, -0.1) is 0 Å². The van der Waals surface area contributed by atoms with Gasteiger partial charge in [0.2, 0.25) is 0 Å². The maximum atomic E-state index is 12.4. The molecule has 1 aliphatic heterocycles. The first-order valence-electron chi connectivity index (χ1n) is 4.29. The molecule has 0 aromatic rings. The third-order valence-electron chi connectivity index (χ3n) is 2.38. The SMILES string of the molecule is CNC(C(F)F)C1CCOCC1. The van der Waals surface area contributed by atoms with Crippen LogP contribution in [0.3, 0.4) is 0 Å². The molecule has 0 bridgehead atoms. The largest absolute Gasteiger partial charge is 0.381 e. The van der Waals surface area contributed by atoms with E-state index in [-0.39, 0.29) is 5.92 Å². The molecule has 1 heterocycles. The van der Waals surface area contributed by atoms with Crippen LogP contribution in [0.15, 0.2) is 0 Å².